The lowest BCUT2D eigenvalue weighted by Crippen LogP contribution is -2.30. The second kappa shape index (κ2) is 7.88. The Morgan fingerprint density at radius 2 is 1.89 bits per heavy atom. The number of likely N-dealkylation sites (N-methyl/N-ethyl adjacent to an activating group) is 2. The van der Waals surface area contributed by atoms with E-state index in [1.54, 1.807) is 0 Å². The van der Waals surface area contributed by atoms with Gasteiger partial charge >= 0.3 is 0 Å². The molecule has 0 radical (unpaired) electrons. The molecule has 1 rings (SSSR count). The van der Waals surface area contributed by atoms with Crippen molar-refractivity contribution in [1.82, 2.24) is 4.90 Å². The molecule has 0 fully saturated rings. The largest absolute Gasteiger partial charge is 0.373 e. The monoisotopic (exact) mass is 327 g/mol. The van der Waals surface area contributed by atoms with Crippen molar-refractivity contribution in [3.8, 4) is 0 Å². The quantitative estimate of drug-likeness (QED) is 0.835. The third-order valence-corrected chi connectivity index (χ3v) is 3.84. The Bertz CT molecular complexity index is 393. The minimum absolute atomic E-state index is 0.238. The average Bonchev–Trinajstić information content (AvgIpc) is 2.37. The molecular formula is C15H26BrN3. The zero-order chi connectivity index (χ0) is 14.4. The molecule has 0 saturated heterocycles. The third-order valence-electron chi connectivity index (χ3n) is 3.35. The Hall–Kier alpha value is -0.580. The van der Waals surface area contributed by atoms with E-state index in [0.29, 0.717) is 0 Å². The Labute approximate surface area is 125 Å². The molecule has 1 aromatic rings. The molecule has 0 heterocycles. The molecule has 0 amide bonds. The maximum atomic E-state index is 6.10. The molecule has 0 aromatic heterocycles. The maximum Gasteiger partial charge on any atom is 0.0408 e. The van der Waals surface area contributed by atoms with Crippen molar-refractivity contribution in [2.75, 3.05) is 39.1 Å². The molecule has 0 spiro atoms. The van der Waals surface area contributed by atoms with Crippen LogP contribution in [0, 0.1) is 0 Å². The van der Waals surface area contributed by atoms with E-state index in [1.807, 2.05) is 0 Å². The van der Waals surface area contributed by atoms with Crippen molar-refractivity contribution in [3.63, 3.8) is 0 Å². The Balaban J connectivity index is 2.86. The summed E-state index contributed by atoms with van der Waals surface area (Å²) in [5.41, 5.74) is 8.71. The summed E-state index contributed by atoms with van der Waals surface area (Å²) in [6.07, 6.45) is 1.95. The van der Waals surface area contributed by atoms with E-state index in [2.05, 4.69) is 72.0 Å². The predicted molar refractivity (Wildman–Crippen MR) is 87.9 cm³/mol. The molecule has 0 bridgehead atoms. The van der Waals surface area contributed by atoms with Crippen molar-refractivity contribution < 1.29 is 0 Å². The zero-order valence-electron chi connectivity index (χ0n) is 12.5. The number of anilines is 1. The average molecular weight is 328 g/mol. The normalized spacial score (nSPS) is 12.8. The highest BCUT2D eigenvalue weighted by Crippen LogP contribution is 2.25. The van der Waals surface area contributed by atoms with E-state index in [1.165, 1.54) is 11.3 Å². The van der Waals surface area contributed by atoms with Gasteiger partial charge < -0.3 is 15.5 Å². The van der Waals surface area contributed by atoms with Crippen LogP contribution in [0.2, 0.25) is 0 Å². The molecule has 1 atom stereocenters. The van der Waals surface area contributed by atoms with Crippen LogP contribution in [-0.2, 0) is 6.42 Å². The first-order valence-corrected chi connectivity index (χ1v) is 7.63. The summed E-state index contributed by atoms with van der Waals surface area (Å²) in [5.74, 6) is 0. The van der Waals surface area contributed by atoms with Crippen LogP contribution < -0.4 is 10.6 Å². The summed E-state index contributed by atoms with van der Waals surface area (Å²) in [4.78, 5) is 4.51. The van der Waals surface area contributed by atoms with Crippen LogP contribution in [0.1, 0.15) is 18.9 Å². The number of halogens is 1. The minimum atomic E-state index is 0.238. The van der Waals surface area contributed by atoms with Gasteiger partial charge in [-0.05, 0) is 44.6 Å². The first-order chi connectivity index (χ1) is 8.93. The molecule has 108 valence electrons. The molecule has 3 nitrogen and oxygen atoms in total. The van der Waals surface area contributed by atoms with Gasteiger partial charge in [-0.1, -0.05) is 28.9 Å². The van der Waals surface area contributed by atoms with Crippen LogP contribution in [0.5, 0.6) is 0 Å². The second-order valence-corrected chi connectivity index (χ2v) is 6.29. The predicted octanol–water partition coefficient (Wildman–Crippen LogP) is 2.73. The van der Waals surface area contributed by atoms with Gasteiger partial charge in [0, 0.05) is 36.3 Å². The number of hydrogen-bond donors (Lipinski definition) is 1. The first-order valence-electron chi connectivity index (χ1n) is 6.84. The molecule has 19 heavy (non-hydrogen) atoms. The molecule has 1 unspecified atom stereocenters. The number of nitrogens with zero attached hydrogens (tertiary/aromatic N) is 2. The SMILES string of the molecule is CCC(N)Cc1ccc(Br)cc1N(C)CCN(C)C. The summed E-state index contributed by atoms with van der Waals surface area (Å²) >= 11 is 3.56. The van der Waals surface area contributed by atoms with Gasteiger partial charge in [-0.2, -0.15) is 0 Å². The molecule has 4 heteroatoms. The first kappa shape index (κ1) is 16.5. The fourth-order valence-electron chi connectivity index (χ4n) is 1.96. The Morgan fingerprint density at radius 3 is 2.47 bits per heavy atom. The highest BCUT2D eigenvalue weighted by molar-refractivity contribution is 9.10. The standard InChI is InChI=1S/C15H26BrN3/c1-5-14(17)10-12-6-7-13(16)11-15(12)19(4)9-8-18(2)3/h6-7,11,14H,5,8-10,17H2,1-4H3. The van der Waals surface area contributed by atoms with Crippen molar-refractivity contribution in [2.45, 2.75) is 25.8 Å². The van der Waals surface area contributed by atoms with E-state index in [-0.39, 0.29) is 6.04 Å². The summed E-state index contributed by atoms with van der Waals surface area (Å²) < 4.78 is 1.12. The third kappa shape index (κ3) is 5.51. The van der Waals surface area contributed by atoms with Gasteiger partial charge in [0.1, 0.15) is 0 Å². The van der Waals surface area contributed by atoms with E-state index in [0.717, 1.165) is 30.4 Å². The van der Waals surface area contributed by atoms with Gasteiger partial charge in [0.25, 0.3) is 0 Å². The highest BCUT2D eigenvalue weighted by Gasteiger charge is 2.11. The van der Waals surface area contributed by atoms with Crippen molar-refractivity contribution in [3.05, 3.63) is 28.2 Å². The molecule has 0 aliphatic heterocycles. The van der Waals surface area contributed by atoms with Crippen LogP contribution in [0.15, 0.2) is 22.7 Å². The second-order valence-electron chi connectivity index (χ2n) is 5.37. The number of rotatable bonds is 7. The van der Waals surface area contributed by atoms with E-state index in [9.17, 15) is 0 Å². The Kier molecular flexibility index (Phi) is 6.83. The lowest BCUT2D eigenvalue weighted by molar-refractivity contribution is 0.416. The van der Waals surface area contributed by atoms with Gasteiger partial charge in [-0.25, -0.2) is 0 Å². The highest BCUT2D eigenvalue weighted by atomic mass is 79.9. The fraction of sp³-hybridized carbons (Fsp3) is 0.600. The smallest absolute Gasteiger partial charge is 0.0408 e. The van der Waals surface area contributed by atoms with E-state index >= 15 is 0 Å². The van der Waals surface area contributed by atoms with Gasteiger partial charge in [0.2, 0.25) is 0 Å². The molecule has 2 N–H and O–H groups in total. The van der Waals surface area contributed by atoms with Gasteiger partial charge in [0.15, 0.2) is 0 Å². The van der Waals surface area contributed by atoms with E-state index in [4.69, 9.17) is 5.73 Å². The molecule has 0 aliphatic carbocycles. The van der Waals surface area contributed by atoms with Gasteiger partial charge in [-0.3, -0.25) is 0 Å². The zero-order valence-corrected chi connectivity index (χ0v) is 14.1. The molecule has 0 saturated carbocycles. The fourth-order valence-corrected chi connectivity index (χ4v) is 2.31. The number of nitrogens with two attached hydrogens (primary N) is 1. The maximum absolute atomic E-state index is 6.10. The van der Waals surface area contributed by atoms with Crippen LogP contribution in [0.25, 0.3) is 0 Å². The van der Waals surface area contributed by atoms with Gasteiger partial charge in [0.05, 0.1) is 0 Å². The van der Waals surface area contributed by atoms with Crippen LogP contribution in [0.4, 0.5) is 5.69 Å². The van der Waals surface area contributed by atoms with Gasteiger partial charge in [-0.15, -0.1) is 0 Å². The summed E-state index contributed by atoms with van der Waals surface area (Å²) in [7, 11) is 6.34. The lowest BCUT2D eigenvalue weighted by atomic mass is 10.0. The lowest BCUT2D eigenvalue weighted by Gasteiger charge is -2.25. The number of hydrogen-bond acceptors (Lipinski definition) is 3. The summed E-state index contributed by atoms with van der Waals surface area (Å²) in [6, 6.07) is 6.71. The topological polar surface area (TPSA) is 32.5 Å². The van der Waals surface area contributed by atoms with Crippen LogP contribution in [-0.4, -0.2) is 45.2 Å². The van der Waals surface area contributed by atoms with Crippen molar-refractivity contribution >= 4 is 21.6 Å². The summed E-state index contributed by atoms with van der Waals surface area (Å²) in [5, 5.41) is 0. The molecular weight excluding hydrogens is 302 g/mol. The van der Waals surface area contributed by atoms with E-state index < -0.39 is 0 Å². The van der Waals surface area contributed by atoms with Crippen LogP contribution in [0.3, 0.4) is 0 Å². The Morgan fingerprint density at radius 1 is 1.21 bits per heavy atom. The number of benzene rings is 1. The van der Waals surface area contributed by atoms with Crippen molar-refractivity contribution in [1.29, 1.82) is 0 Å². The minimum Gasteiger partial charge on any atom is -0.373 e. The van der Waals surface area contributed by atoms with Crippen molar-refractivity contribution in [2.24, 2.45) is 5.73 Å². The molecule has 1 aromatic carbocycles. The van der Waals surface area contributed by atoms with Crippen LogP contribution >= 0.6 is 15.9 Å². The summed E-state index contributed by atoms with van der Waals surface area (Å²) in [6.45, 7) is 4.19. The molecule has 0 aliphatic rings.